The van der Waals surface area contributed by atoms with Crippen molar-refractivity contribution in [2.75, 3.05) is 26.4 Å². The van der Waals surface area contributed by atoms with Crippen molar-refractivity contribution in [2.24, 2.45) is 21.5 Å². The Morgan fingerprint density at radius 3 is 1.27 bits per heavy atom. The second-order valence-electron chi connectivity index (χ2n) is 8.22. The zero-order valence-corrected chi connectivity index (χ0v) is 22.3. The SMILES string of the molecule is CC(=O)OCCOC(=O)/N=C(\N)c1ccc(-c2ccc(-c3ccc(/C(N)=N/C(=O)OCCOC(C)=O)cc3)o2)cc1. The van der Waals surface area contributed by atoms with Crippen molar-refractivity contribution < 1.29 is 42.5 Å². The van der Waals surface area contributed by atoms with Gasteiger partial charge in [-0.05, 0) is 12.1 Å². The number of furan rings is 1. The van der Waals surface area contributed by atoms with E-state index in [2.05, 4.69) is 19.5 Å². The predicted molar refractivity (Wildman–Crippen MR) is 147 cm³/mol. The summed E-state index contributed by atoms with van der Waals surface area (Å²) in [5, 5.41) is 0. The fourth-order valence-electron chi connectivity index (χ4n) is 3.28. The number of ether oxygens (including phenoxy) is 4. The number of benzene rings is 2. The van der Waals surface area contributed by atoms with Gasteiger partial charge in [0, 0.05) is 36.1 Å². The molecule has 0 aliphatic carbocycles. The van der Waals surface area contributed by atoms with Crippen molar-refractivity contribution in [1.82, 2.24) is 0 Å². The number of amides is 2. The maximum absolute atomic E-state index is 11.8. The van der Waals surface area contributed by atoms with Gasteiger partial charge in [-0.25, -0.2) is 9.59 Å². The van der Waals surface area contributed by atoms with Crippen molar-refractivity contribution in [3.8, 4) is 22.6 Å². The van der Waals surface area contributed by atoms with Gasteiger partial charge in [-0.3, -0.25) is 9.59 Å². The lowest BCUT2D eigenvalue weighted by molar-refractivity contribution is -0.142. The molecule has 0 aliphatic heterocycles. The number of nitrogens with two attached hydrogens (primary N) is 2. The fourth-order valence-corrected chi connectivity index (χ4v) is 3.28. The number of amidine groups is 2. The van der Waals surface area contributed by atoms with E-state index in [0.717, 1.165) is 11.1 Å². The molecule has 0 bridgehead atoms. The Hall–Kier alpha value is -5.46. The number of hydrogen-bond acceptors (Lipinski definition) is 9. The standard InChI is InChI=1S/C28H28N4O9/c1-17(33)37-13-15-39-27(35)31-25(29)21-7-3-19(4-8-21)23-11-12-24(41-23)20-5-9-22(10-6-20)26(30)32-28(36)40-16-14-38-18(2)34/h3-12H,13-16H2,1-2H3,(H2,29,31,35)(H2,30,32,36). The van der Waals surface area contributed by atoms with Gasteiger partial charge < -0.3 is 34.8 Å². The molecule has 2 amide bonds. The summed E-state index contributed by atoms with van der Waals surface area (Å²) in [6.07, 6.45) is -1.80. The highest BCUT2D eigenvalue weighted by Crippen LogP contribution is 2.29. The van der Waals surface area contributed by atoms with Crippen LogP contribution in [0.25, 0.3) is 22.6 Å². The van der Waals surface area contributed by atoms with Crippen LogP contribution in [0.5, 0.6) is 0 Å². The van der Waals surface area contributed by atoms with E-state index >= 15 is 0 Å². The number of carbonyl (C=O) groups is 4. The molecular formula is C28H28N4O9. The Morgan fingerprint density at radius 1 is 0.585 bits per heavy atom. The van der Waals surface area contributed by atoms with E-state index in [9.17, 15) is 19.2 Å². The molecule has 3 aromatic rings. The van der Waals surface area contributed by atoms with Gasteiger partial charge in [0.25, 0.3) is 0 Å². The molecule has 0 saturated carbocycles. The zero-order chi connectivity index (χ0) is 29.8. The number of aliphatic imine (C=N–C) groups is 2. The van der Waals surface area contributed by atoms with E-state index in [0.29, 0.717) is 22.6 Å². The maximum Gasteiger partial charge on any atom is 0.435 e. The first-order valence-corrected chi connectivity index (χ1v) is 12.2. The van der Waals surface area contributed by atoms with Crippen LogP contribution < -0.4 is 11.5 Å². The lowest BCUT2D eigenvalue weighted by Crippen LogP contribution is -2.17. The summed E-state index contributed by atoms with van der Waals surface area (Å²) < 4.78 is 25.0. The van der Waals surface area contributed by atoms with Gasteiger partial charge in [0.05, 0.1) is 0 Å². The largest absolute Gasteiger partial charge is 0.462 e. The minimum Gasteiger partial charge on any atom is -0.462 e. The lowest BCUT2D eigenvalue weighted by atomic mass is 10.1. The van der Waals surface area contributed by atoms with Crippen molar-refractivity contribution >= 4 is 35.8 Å². The minimum atomic E-state index is -0.898. The molecular weight excluding hydrogens is 536 g/mol. The van der Waals surface area contributed by atoms with Crippen LogP contribution >= 0.6 is 0 Å². The van der Waals surface area contributed by atoms with Crippen LogP contribution in [0.4, 0.5) is 9.59 Å². The minimum absolute atomic E-state index is 0.0349. The summed E-state index contributed by atoms with van der Waals surface area (Å²) in [7, 11) is 0. The van der Waals surface area contributed by atoms with E-state index in [4.69, 9.17) is 25.4 Å². The number of esters is 2. The molecule has 4 N–H and O–H groups in total. The molecule has 0 unspecified atom stereocenters. The fraction of sp³-hybridized carbons (Fsp3) is 0.214. The van der Waals surface area contributed by atoms with E-state index in [1.165, 1.54) is 13.8 Å². The van der Waals surface area contributed by atoms with Crippen molar-refractivity contribution in [3.63, 3.8) is 0 Å². The van der Waals surface area contributed by atoms with E-state index < -0.39 is 24.1 Å². The van der Waals surface area contributed by atoms with Gasteiger partial charge in [0.1, 0.15) is 49.6 Å². The van der Waals surface area contributed by atoms with Crippen LogP contribution in [0.15, 0.2) is 75.1 Å². The van der Waals surface area contributed by atoms with Crippen LogP contribution in [-0.2, 0) is 28.5 Å². The summed E-state index contributed by atoms with van der Waals surface area (Å²) in [6.45, 7) is 2.10. The van der Waals surface area contributed by atoms with Crippen molar-refractivity contribution in [2.45, 2.75) is 13.8 Å². The third-order valence-corrected chi connectivity index (χ3v) is 5.19. The van der Waals surface area contributed by atoms with Gasteiger partial charge in [0.15, 0.2) is 0 Å². The normalized spacial score (nSPS) is 11.5. The van der Waals surface area contributed by atoms with Gasteiger partial charge in [0.2, 0.25) is 0 Å². The summed E-state index contributed by atoms with van der Waals surface area (Å²) >= 11 is 0. The molecule has 214 valence electrons. The first-order valence-electron chi connectivity index (χ1n) is 12.2. The Balaban J connectivity index is 1.58. The van der Waals surface area contributed by atoms with Crippen molar-refractivity contribution in [3.05, 3.63) is 71.8 Å². The molecule has 13 heteroatoms. The smallest absolute Gasteiger partial charge is 0.435 e. The quantitative estimate of drug-likeness (QED) is 0.120. The summed E-state index contributed by atoms with van der Waals surface area (Å²) in [5.41, 5.74) is 14.3. The zero-order valence-electron chi connectivity index (χ0n) is 22.3. The van der Waals surface area contributed by atoms with Crippen LogP contribution in [0.1, 0.15) is 25.0 Å². The molecule has 0 atom stereocenters. The summed E-state index contributed by atoms with van der Waals surface area (Å²) in [6, 6.07) is 17.4. The van der Waals surface area contributed by atoms with Gasteiger partial charge in [-0.15, -0.1) is 0 Å². The Bertz CT molecular complexity index is 1330. The second kappa shape index (κ2) is 14.6. The topological polar surface area (TPSA) is 195 Å². The predicted octanol–water partition coefficient (Wildman–Crippen LogP) is 3.42. The number of nitrogens with zero attached hydrogens (tertiary/aromatic N) is 2. The lowest BCUT2D eigenvalue weighted by Gasteiger charge is -2.05. The summed E-state index contributed by atoms with van der Waals surface area (Å²) in [4.78, 5) is 52.3. The van der Waals surface area contributed by atoms with E-state index in [-0.39, 0.29) is 38.1 Å². The average Bonchev–Trinajstić information content (AvgIpc) is 3.44. The van der Waals surface area contributed by atoms with Crippen molar-refractivity contribution in [1.29, 1.82) is 0 Å². The number of hydrogen-bond donors (Lipinski definition) is 2. The Labute approximate surface area is 234 Å². The van der Waals surface area contributed by atoms with E-state index in [1.807, 2.05) is 0 Å². The second-order valence-corrected chi connectivity index (χ2v) is 8.22. The van der Waals surface area contributed by atoms with Gasteiger partial charge in [-0.2, -0.15) is 9.98 Å². The molecule has 0 spiro atoms. The van der Waals surface area contributed by atoms with Crippen LogP contribution in [-0.4, -0.2) is 62.2 Å². The molecule has 41 heavy (non-hydrogen) atoms. The van der Waals surface area contributed by atoms with Gasteiger partial charge in [-0.1, -0.05) is 48.5 Å². The summed E-state index contributed by atoms with van der Waals surface area (Å²) in [5.74, 6) is 0.157. The molecule has 3 rings (SSSR count). The van der Waals surface area contributed by atoms with E-state index in [1.54, 1.807) is 60.7 Å². The third-order valence-electron chi connectivity index (χ3n) is 5.19. The molecule has 0 fully saturated rings. The highest BCUT2D eigenvalue weighted by Gasteiger charge is 2.11. The first kappa shape index (κ1) is 30.1. The molecule has 1 heterocycles. The molecule has 0 radical (unpaired) electrons. The monoisotopic (exact) mass is 564 g/mol. The molecule has 0 saturated heterocycles. The van der Waals surface area contributed by atoms with Gasteiger partial charge >= 0.3 is 24.1 Å². The number of rotatable bonds is 10. The average molecular weight is 565 g/mol. The van der Waals surface area contributed by atoms with Crippen LogP contribution in [0, 0.1) is 0 Å². The van der Waals surface area contributed by atoms with Crippen LogP contribution in [0.3, 0.4) is 0 Å². The third kappa shape index (κ3) is 9.66. The first-order chi connectivity index (χ1) is 19.6. The molecule has 2 aromatic carbocycles. The van der Waals surface area contributed by atoms with Crippen LogP contribution in [0.2, 0.25) is 0 Å². The highest BCUT2D eigenvalue weighted by atomic mass is 16.6. The maximum atomic E-state index is 11.8. The Kier molecular flexibility index (Phi) is 10.7. The molecule has 0 aliphatic rings. The molecule has 1 aromatic heterocycles. The molecule has 13 nitrogen and oxygen atoms in total. The number of carbonyl (C=O) groups excluding carboxylic acids is 4. The Morgan fingerprint density at radius 2 is 0.927 bits per heavy atom. The highest BCUT2D eigenvalue weighted by molar-refractivity contribution is 6.03.